The monoisotopic (exact) mass is 512 g/mol. The van der Waals surface area contributed by atoms with Gasteiger partial charge in [0.25, 0.3) is 5.91 Å². The number of amides is 1. The molecule has 4 aromatic rings. The fourth-order valence-electron chi connectivity index (χ4n) is 4.25. The normalized spacial score (nSPS) is 14.1. The number of fused-ring (bicyclic) bond motifs is 2. The van der Waals surface area contributed by atoms with Crippen molar-refractivity contribution in [1.82, 2.24) is 10.3 Å². The fourth-order valence-corrected chi connectivity index (χ4v) is 4.25. The average Bonchev–Trinajstić information content (AvgIpc) is 3.47. The van der Waals surface area contributed by atoms with Crippen LogP contribution in [0, 0.1) is 0 Å². The van der Waals surface area contributed by atoms with Gasteiger partial charge in [-0.2, -0.15) is 0 Å². The number of carboxylic acids is 1. The number of benzene rings is 3. The zero-order valence-electron chi connectivity index (χ0n) is 20.4. The van der Waals surface area contributed by atoms with Gasteiger partial charge in [0.2, 0.25) is 5.78 Å². The minimum atomic E-state index is -1.15. The molecule has 1 unspecified atom stereocenters. The van der Waals surface area contributed by atoms with Gasteiger partial charge in [-0.1, -0.05) is 30.3 Å². The van der Waals surface area contributed by atoms with Crippen molar-refractivity contribution in [3.63, 3.8) is 0 Å². The summed E-state index contributed by atoms with van der Waals surface area (Å²) in [4.78, 5) is 40.2. The highest BCUT2D eigenvalue weighted by Gasteiger charge is 2.28. The number of para-hydroxylation sites is 1. The summed E-state index contributed by atoms with van der Waals surface area (Å²) in [6, 6.07) is 18.3. The van der Waals surface area contributed by atoms with Crippen LogP contribution in [0.15, 0.2) is 78.7 Å². The molecule has 9 nitrogen and oxygen atoms in total. The third-order valence-electron chi connectivity index (χ3n) is 6.14. The van der Waals surface area contributed by atoms with Crippen molar-refractivity contribution in [2.75, 3.05) is 13.7 Å². The van der Waals surface area contributed by atoms with Gasteiger partial charge in [0.05, 0.1) is 12.7 Å². The highest BCUT2D eigenvalue weighted by atomic mass is 16.5. The van der Waals surface area contributed by atoms with Crippen molar-refractivity contribution in [3.8, 4) is 17.2 Å². The third kappa shape index (κ3) is 5.22. The molecule has 2 heterocycles. The number of allylic oxidation sites excluding steroid dienone is 1. The zero-order chi connectivity index (χ0) is 26.6. The Labute approximate surface area is 217 Å². The van der Waals surface area contributed by atoms with E-state index in [1.165, 1.54) is 6.07 Å². The van der Waals surface area contributed by atoms with Gasteiger partial charge >= 0.3 is 5.97 Å². The highest BCUT2D eigenvalue weighted by molar-refractivity contribution is 6.14. The Morgan fingerprint density at radius 3 is 2.74 bits per heavy atom. The van der Waals surface area contributed by atoms with E-state index in [2.05, 4.69) is 10.3 Å². The number of carboxylic acid groups (broad SMARTS) is 1. The Hall–Kier alpha value is -5.05. The molecule has 0 bridgehead atoms. The molecule has 0 radical (unpaired) electrons. The molecule has 9 heteroatoms. The number of ether oxygens (including phenoxy) is 3. The summed E-state index contributed by atoms with van der Waals surface area (Å²) < 4.78 is 16.5. The summed E-state index contributed by atoms with van der Waals surface area (Å²) in [7, 11) is 1.56. The van der Waals surface area contributed by atoms with E-state index < -0.39 is 24.5 Å². The number of carbonyl (C=O) groups excluding carboxylic acids is 2. The van der Waals surface area contributed by atoms with Crippen molar-refractivity contribution in [2.24, 2.45) is 0 Å². The topological polar surface area (TPSA) is 127 Å². The lowest BCUT2D eigenvalue weighted by atomic mass is 10.1. The molecule has 0 saturated heterocycles. The standard InChI is InChI=1S/C29H24N2O7/c1-36-19-6-4-5-17(11-19)12-26-28(33)22-10-9-20(14-25(22)38-26)37-16-27(32)31-24(29(34)35)13-18-15-30-23-8-3-2-7-21(18)23/h2-12,14-15,24,30H,13,16H2,1H3,(H,31,32)(H,34,35). The molecule has 1 aromatic heterocycles. The number of aromatic amines is 1. The first-order valence-corrected chi connectivity index (χ1v) is 11.8. The maximum atomic E-state index is 12.7. The Balaban J connectivity index is 1.21. The van der Waals surface area contributed by atoms with Gasteiger partial charge < -0.3 is 29.6 Å². The Morgan fingerprint density at radius 2 is 1.92 bits per heavy atom. The summed E-state index contributed by atoms with van der Waals surface area (Å²) in [5.41, 5.74) is 2.79. The maximum absolute atomic E-state index is 12.7. The molecule has 5 rings (SSSR count). The van der Waals surface area contributed by atoms with Gasteiger partial charge in [0, 0.05) is 29.6 Å². The summed E-state index contributed by atoms with van der Waals surface area (Å²) in [6.45, 7) is -0.406. The molecule has 0 saturated carbocycles. The molecule has 1 aliphatic rings. The van der Waals surface area contributed by atoms with Gasteiger partial charge in [-0.3, -0.25) is 9.59 Å². The summed E-state index contributed by atoms with van der Waals surface area (Å²) in [5.74, 6) is -0.583. The van der Waals surface area contributed by atoms with Crippen LogP contribution >= 0.6 is 0 Å². The molecule has 3 aromatic carbocycles. The lowest BCUT2D eigenvalue weighted by Crippen LogP contribution is -2.44. The van der Waals surface area contributed by atoms with Gasteiger partial charge in [-0.25, -0.2) is 4.79 Å². The molecule has 38 heavy (non-hydrogen) atoms. The fraction of sp³-hybridized carbons (Fsp3) is 0.138. The summed E-state index contributed by atoms with van der Waals surface area (Å²) in [5, 5.41) is 13.1. The summed E-state index contributed by atoms with van der Waals surface area (Å²) >= 11 is 0. The molecule has 1 atom stereocenters. The Bertz CT molecular complexity index is 1570. The van der Waals surface area contributed by atoms with E-state index in [-0.39, 0.29) is 18.0 Å². The number of aromatic nitrogens is 1. The molecular weight excluding hydrogens is 488 g/mol. The van der Waals surface area contributed by atoms with E-state index in [9.17, 15) is 19.5 Å². The predicted octanol–water partition coefficient (Wildman–Crippen LogP) is 3.98. The molecule has 0 aliphatic carbocycles. The van der Waals surface area contributed by atoms with Gasteiger partial charge in [0.15, 0.2) is 12.4 Å². The largest absolute Gasteiger partial charge is 0.497 e. The van der Waals surface area contributed by atoms with Gasteiger partial charge in [-0.05, 0) is 47.5 Å². The molecule has 0 fully saturated rings. The quantitative estimate of drug-likeness (QED) is 0.290. The minimum absolute atomic E-state index is 0.113. The number of carbonyl (C=O) groups is 3. The van der Waals surface area contributed by atoms with Crippen LogP contribution in [0.1, 0.15) is 21.5 Å². The van der Waals surface area contributed by atoms with E-state index in [0.717, 1.165) is 22.0 Å². The van der Waals surface area contributed by atoms with Crippen LogP contribution < -0.4 is 19.5 Å². The first kappa shape index (κ1) is 24.6. The van der Waals surface area contributed by atoms with Gasteiger partial charge in [0.1, 0.15) is 23.3 Å². The first-order chi connectivity index (χ1) is 18.4. The molecule has 1 aliphatic heterocycles. The first-order valence-electron chi connectivity index (χ1n) is 11.8. The van der Waals surface area contributed by atoms with Crippen molar-refractivity contribution in [2.45, 2.75) is 12.5 Å². The number of ketones is 1. The third-order valence-corrected chi connectivity index (χ3v) is 6.14. The second-order valence-electron chi connectivity index (χ2n) is 8.68. The van der Waals surface area contributed by atoms with Crippen molar-refractivity contribution in [3.05, 3.63) is 95.4 Å². The maximum Gasteiger partial charge on any atom is 0.326 e. The number of aliphatic carboxylic acids is 1. The molecule has 192 valence electrons. The van der Waals surface area contributed by atoms with E-state index >= 15 is 0 Å². The lowest BCUT2D eigenvalue weighted by molar-refractivity contribution is -0.142. The second-order valence-corrected chi connectivity index (χ2v) is 8.68. The van der Waals surface area contributed by atoms with Crippen molar-refractivity contribution in [1.29, 1.82) is 0 Å². The smallest absolute Gasteiger partial charge is 0.326 e. The van der Waals surface area contributed by atoms with Crippen molar-refractivity contribution < 1.29 is 33.7 Å². The van der Waals surface area contributed by atoms with Crippen LogP contribution in [0.2, 0.25) is 0 Å². The summed E-state index contributed by atoms with van der Waals surface area (Å²) in [6.07, 6.45) is 3.48. The number of H-pyrrole nitrogens is 1. The zero-order valence-corrected chi connectivity index (χ0v) is 20.4. The van der Waals surface area contributed by atoms with Crippen molar-refractivity contribution >= 4 is 34.6 Å². The van der Waals surface area contributed by atoms with E-state index in [4.69, 9.17) is 14.2 Å². The van der Waals surface area contributed by atoms with Crippen LogP contribution in [-0.4, -0.2) is 47.5 Å². The van der Waals surface area contributed by atoms with E-state index in [0.29, 0.717) is 22.8 Å². The predicted molar refractivity (Wildman–Crippen MR) is 139 cm³/mol. The number of rotatable bonds is 9. The van der Waals surface area contributed by atoms with Gasteiger partial charge in [-0.15, -0.1) is 0 Å². The minimum Gasteiger partial charge on any atom is -0.497 e. The Morgan fingerprint density at radius 1 is 1.08 bits per heavy atom. The average molecular weight is 513 g/mol. The lowest BCUT2D eigenvalue weighted by Gasteiger charge is -2.15. The Kier molecular flexibility index (Phi) is 6.82. The van der Waals surface area contributed by atoms with Crippen LogP contribution in [-0.2, 0) is 16.0 Å². The molecular formula is C29H24N2O7. The highest BCUT2D eigenvalue weighted by Crippen LogP contribution is 2.35. The number of nitrogens with one attached hydrogen (secondary N) is 2. The van der Waals surface area contributed by atoms with E-state index in [1.54, 1.807) is 43.6 Å². The molecule has 0 spiro atoms. The molecule has 3 N–H and O–H groups in total. The number of methoxy groups -OCH3 is 1. The van der Waals surface area contributed by atoms with Crippen LogP contribution in [0.5, 0.6) is 17.2 Å². The number of Topliss-reactive ketones (excluding diaryl/α,β-unsaturated/α-hetero) is 1. The number of hydrogen-bond donors (Lipinski definition) is 3. The molecule has 1 amide bonds. The SMILES string of the molecule is COc1cccc(C=C2Oc3cc(OCC(=O)NC(Cc4c[nH]c5ccccc45)C(=O)O)ccc3C2=O)c1. The van der Waals surface area contributed by atoms with Crippen LogP contribution in [0.4, 0.5) is 0 Å². The second kappa shape index (κ2) is 10.5. The van der Waals surface area contributed by atoms with E-state index in [1.807, 2.05) is 36.4 Å². The number of hydrogen-bond acceptors (Lipinski definition) is 6. The van der Waals surface area contributed by atoms with Crippen LogP contribution in [0.25, 0.3) is 17.0 Å². The van der Waals surface area contributed by atoms with Crippen LogP contribution in [0.3, 0.4) is 0 Å².